The van der Waals surface area contributed by atoms with Crippen molar-refractivity contribution in [3.63, 3.8) is 0 Å². The Kier molecular flexibility index (Phi) is 4.50. The van der Waals surface area contributed by atoms with E-state index in [2.05, 4.69) is 0 Å². The minimum absolute atomic E-state index is 0.210. The summed E-state index contributed by atoms with van der Waals surface area (Å²) in [5.74, 6) is -1.66. The molecule has 4 nitrogen and oxygen atoms in total. The largest absolute Gasteiger partial charge is 0.468 e. The van der Waals surface area contributed by atoms with Gasteiger partial charge in [-0.25, -0.2) is 17.2 Å². The summed E-state index contributed by atoms with van der Waals surface area (Å²) in [6.45, 7) is 0.210. The van der Waals surface area contributed by atoms with E-state index in [4.69, 9.17) is 4.42 Å². The molecule has 0 N–H and O–H groups in total. The number of benzene rings is 1. The predicted molar refractivity (Wildman–Crippen MR) is 80.2 cm³/mol. The molecule has 124 valence electrons. The van der Waals surface area contributed by atoms with E-state index in [0.717, 1.165) is 31.0 Å². The Hall–Kier alpha value is -1.73. The van der Waals surface area contributed by atoms with Gasteiger partial charge in [0, 0.05) is 6.54 Å². The van der Waals surface area contributed by atoms with Crippen LogP contribution in [0.3, 0.4) is 0 Å². The first-order chi connectivity index (χ1) is 11.0. The van der Waals surface area contributed by atoms with Crippen molar-refractivity contribution < 1.29 is 21.6 Å². The highest BCUT2D eigenvalue weighted by Crippen LogP contribution is 2.36. The molecular formula is C16H17F2NO3S. The van der Waals surface area contributed by atoms with E-state index >= 15 is 0 Å². The molecule has 0 unspecified atom stereocenters. The number of furan rings is 1. The monoisotopic (exact) mass is 341 g/mol. The zero-order chi connectivity index (χ0) is 16.4. The van der Waals surface area contributed by atoms with Gasteiger partial charge in [-0.2, -0.15) is 4.31 Å². The molecule has 1 aromatic carbocycles. The predicted octanol–water partition coefficient (Wildman–Crippen LogP) is 3.86. The number of hydrogen-bond acceptors (Lipinski definition) is 3. The van der Waals surface area contributed by atoms with Gasteiger partial charge in [-0.3, -0.25) is 0 Å². The van der Waals surface area contributed by atoms with Crippen molar-refractivity contribution in [3.05, 3.63) is 54.0 Å². The van der Waals surface area contributed by atoms with E-state index < -0.39 is 32.6 Å². The van der Waals surface area contributed by atoms with Crippen LogP contribution in [0.2, 0.25) is 0 Å². The van der Waals surface area contributed by atoms with Crippen molar-refractivity contribution >= 4 is 10.0 Å². The van der Waals surface area contributed by atoms with E-state index in [1.165, 1.54) is 10.6 Å². The first-order valence-electron chi connectivity index (χ1n) is 7.51. The zero-order valence-corrected chi connectivity index (χ0v) is 13.2. The van der Waals surface area contributed by atoms with Crippen LogP contribution in [0.1, 0.15) is 37.5 Å². The molecule has 0 radical (unpaired) electrons. The maximum Gasteiger partial charge on any atom is 0.249 e. The third-order valence-electron chi connectivity index (χ3n) is 4.06. The number of rotatable bonds is 3. The van der Waals surface area contributed by atoms with Crippen molar-refractivity contribution in [2.75, 3.05) is 6.54 Å². The van der Waals surface area contributed by atoms with Crippen molar-refractivity contribution in [1.82, 2.24) is 4.31 Å². The number of nitrogens with zero attached hydrogens (tertiary/aromatic N) is 1. The smallest absolute Gasteiger partial charge is 0.249 e. The summed E-state index contributed by atoms with van der Waals surface area (Å²) in [7, 11) is -4.30. The highest BCUT2D eigenvalue weighted by Gasteiger charge is 2.37. The normalized spacial score (nSPS) is 20.3. The number of halogens is 2. The maximum atomic E-state index is 14.0. The Morgan fingerprint density at radius 2 is 1.78 bits per heavy atom. The van der Waals surface area contributed by atoms with Gasteiger partial charge in [0.15, 0.2) is 4.90 Å². The zero-order valence-electron chi connectivity index (χ0n) is 12.4. The third kappa shape index (κ3) is 3.03. The molecule has 3 rings (SSSR count). The highest BCUT2D eigenvalue weighted by atomic mass is 32.2. The third-order valence-corrected chi connectivity index (χ3v) is 6.02. The Morgan fingerprint density at radius 3 is 2.43 bits per heavy atom. The second kappa shape index (κ2) is 6.41. The van der Waals surface area contributed by atoms with Gasteiger partial charge in [0.1, 0.15) is 17.4 Å². The fourth-order valence-corrected chi connectivity index (χ4v) is 4.76. The van der Waals surface area contributed by atoms with Crippen molar-refractivity contribution in [2.45, 2.75) is 36.6 Å². The summed E-state index contributed by atoms with van der Waals surface area (Å²) in [6, 6.07) is 5.88. The van der Waals surface area contributed by atoms with Crippen LogP contribution in [0, 0.1) is 11.6 Å². The van der Waals surface area contributed by atoms with Gasteiger partial charge >= 0.3 is 0 Å². The second-order valence-electron chi connectivity index (χ2n) is 5.55. The number of sulfonamides is 1. The van der Waals surface area contributed by atoms with Crippen LogP contribution in [-0.2, 0) is 10.0 Å². The lowest BCUT2D eigenvalue weighted by atomic mass is 10.1. The summed E-state index contributed by atoms with van der Waals surface area (Å²) in [6.07, 6.45) is 4.37. The molecule has 0 spiro atoms. The Balaban J connectivity index is 2.08. The molecule has 1 fully saturated rings. The molecule has 1 aromatic heterocycles. The maximum absolute atomic E-state index is 14.0. The van der Waals surface area contributed by atoms with Crippen LogP contribution in [0.4, 0.5) is 8.78 Å². The first kappa shape index (κ1) is 16.1. The summed E-state index contributed by atoms with van der Waals surface area (Å²) in [5, 5.41) is 0. The van der Waals surface area contributed by atoms with Crippen LogP contribution in [0.5, 0.6) is 0 Å². The van der Waals surface area contributed by atoms with E-state index in [1.54, 1.807) is 12.1 Å². The van der Waals surface area contributed by atoms with E-state index in [9.17, 15) is 17.2 Å². The SMILES string of the molecule is O=S(=O)(c1c(F)cccc1F)N1CCCCC[C@H]1c1ccco1. The molecule has 1 saturated heterocycles. The van der Waals surface area contributed by atoms with Crippen LogP contribution in [0.25, 0.3) is 0 Å². The molecule has 1 aliphatic heterocycles. The van der Waals surface area contributed by atoms with Crippen LogP contribution >= 0.6 is 0 Å². The summed E-state index contributed by atoms with van der Waals surface area (Å²) < 4.78 is 60.3. The Bertz CT molecular complexity index is 754. The molecule has 0 aliphatic carbocycles. The lowest BCUT2D eigenvalue weighted by Gasteiger charge is -2.28. The summed E-state index contributed by atoms with van der Waals surface area (Å²) in [4.78, 5) is -0.890. The van der Waals surface area contributed by atoms with Gasteiger partial charge in [-0.1, -0.05) is 18.9 Å². The van der Waals surface area contributed by atoms with Crippen molar-refractivity contribution in [3.8, 4) is 0 Å². The molecule has 1 aliphatic rings. The van der Waals surface area contributed by atoms with E-state index in [1.807, 2.05) is 0 Å². The van der Waals surface area contributed by atoms with Gasteiger partial charge in [0.05, 0.1) is 12.3 Å². The summed E-state index contributed by atoms with van der Waals surface area (Å²) >= 11 is 0. The molecule has 0 saturated carbocycles. The van der Waals surface area contributed by atoms with E-state index in [0.29, 0.717) is 18.6 Å². The molecule has 23 heavy (non-hydrogen) atoms. The van der Waals surface area contributed by atoms with Crippen LogP contribution < -0.4 is 0 Å². The van der Waals surface area contributed by atoms with E-state index in [-0.39, 0.29) is 6.54 Å². The summed E-state index contributed by atoms with van der Waals surface area (Å²) in [5.41, 5.74) is 0. The molecule has 2 heterocycles. The lowest BCUT2D eigenvalue weighted by Crippen LogP contribution is -2.35. The molecule has 2 aromatic rings. The van der Waals surface area contributed by atoms with Gasteiger partial charge in [-0.15, -0.1) is 0 Å². The average Bonchev–Trinajstić information content (AvgIpc) is 2.90. The Morgan fingerprint density at radius 1 is 1.04 bits per heavy atom. The van der Waals surface area contributed by atoms with Gasteiger partial charge < -0.3 is 4.42 Å². The van der Waals surface area contributed by atoms with Gasteiger partial charge in [0.25, 0.3) is 0 Å². The molecule has 1 atom stereocenters. The first-order valence-corrected chi connectivity index (χ1v) is 8.95. The molecule has 0 bridgehead atoms. The molecular weight excluding hydrogens is 324 g/mol. The average molecular weight is 341 g/mol. The van der Waals surface area contributed by atoms with Gasteiger partial charge in [-0.05, 0) is 37.1 Å². The minimum Gasteiger partial charge on any atom is -0.468 e. The van der Waals surface area contributed by atoms with Gasteiger partial charge in [0.2, 0.25) is 10.0 Å². The fourth-order valence-electron chi connectivity index (χ4n) is 2.98. The quantitative estimate of drug-likeness (QED) is 0.852. The Labute approximate surface area is 133 Å². The second-order valence-corrected chi connectivity index (χ2v) is 7.37. The molecule has 0 amide bonds. The van der Waals surface area contributed by atoms with Crippen molar-refractivity contribution in [2.24, 2.45) is 0 Å². The lowest BCUT2D eigenvalue weighted by molar-refractivity contribution is 0.283. The number of hydrogen-bond donors (Lipinski definition) is 0. The molecule has 7 heteroatoms. The van der Waals surface area contributed by atoms with Crippen LogP contribution in [0.15, 0.2) is 45.9 Å². The highest BCUT2D eigenvalue weighted by molar-refractivity contribution is 7.89. The van der Waals surface area contributed by atoms with Crippen molar-refractivity contribution in [1.29, 1.82) is 0 Å². The fraction of sp³-hybridized carbons (Fsp3) is 0.375. The van der Waals surface area contributed by atoms with Crippen LogP contribution in [-0.4, -0.2) is 19.3 Å². The minimum atomic E-state index is -4.30. The standard InChI is InChI=1S/C16H17F2NO3S/c17-12-6-4-7-13(18)16(12)23(20,21)19-10-3-1-2-8-14(19)15-9-5-11-22-15/h4-7,9,11,14H,1-3,8,10H2/t14-/m0/s1. The topological polar surface area (TPSA) is 50.5 Å².